The average Bonchev–Trinajstić information content (AvgIpc) is 2.23. The number of hydrogen-bond donors (Lipinski definition) is 6. The topological polar surface area (TPSA) is 187 Å². The fourth-order valence-corrected chi connectivity index (χ4v) is 1.76. The van der Waals surface area contributed by atoms with Crippen LogP contribution in [-0.4, -0.2) is 62.4 Å². The van der Waals surface area contributed by atoms with Crippen molar-refractivity contribution in [3.05, 3.63) is 0 Å². The Kier molecular flexibility index (Phi) is 6.59. The second-order valence-corrected chi connectivity index (χ2v) is 4.25. The first kappa shape index (κ1) is 17.8. The van der Waals surface area contributed by atoms with E-state index in [0.29, 0.717) is 0 Å². The first-order valence-corrected chi connectivity index (χ1v) is 5.47. The summed E-state index contributed by atoms with van der Waals surface area (Å²) < 4.78 is 0. The Hall–Kier alpha value is -2.20. The molecule has 0 aliphatic carbocycles. The minimum Gasteiger partial charge on any atom is -0.481 e. The highest BCUT2D eigenvalue weighted by Crippen LogP contribution is 2.22. The molecule has 1 unspecified atom stereocenters. The highest BCUT2D eigenvalue weighted by Gasteiger charge is 2.42. The molecular formula is C10H16N2O8. The van der Waals surface area contributed by atoms with Gasteiger partial charge in [0.05, 0.1) is 31.3 Å². The lowest BCUT2D eigenvalue weighted by atomic mass is 9.82. The zero-order chi connectivity index (χ0) is 15.9. The van der Waals surface area contributed by atoms with Crippen molar-refractivity contribution in [2.75, 3.05) is 6.54 Å². The molecule has 0 aliphatic heterocycles. The van der Waals surface area contributed by atoms with Crippen LogP contribution < -0.4 is 11.1 Å². The van der Waals surface area contributed by atoms with E-state index in [0.717, 1.165) is 0 Å². The standard InChI is InChI=1S/C10H16N2O8/c11-5(1-6(13)14)10(2-7(15)16,3-8(17)18)12-4-9(19)20/h5,12H,1-4,11H2,(H,13,14)(H,15,16)(H,17,18)(H,19,20). The molecule has 0 saturated carbocycles. The number of hydrogen-bond acceptors (Lipinski definition) is 6. The van der Waals surface area contributed by atoms with Gasteiger partial charge in [-0.05, 0) is 0 Å². The van der Waals surface area contributed by atoms with Crippen LogP contribution in [0.2, 0.25) is 0 Å². The van der Waals surface area contributed by atoms with Crippen LogP contribution in [0.1, 0.15) is 19.3 Å². The summed E-state index contributed by atoms with van der Waals surface area (Å²) in [5.74, 6) is -5.56. The van der Waals surface area contributed by atoms with Crippen LogP contribution in [0.4, 0.5) is 0 Å². The van der Waals surface area contributed by atoms with Crippen LogP contribution in [-0.2, 0) is 19.2 Å². The highest BCUT2D eigenvalue weighted by atomic mass is 16.4. The number of nitrogens with two attached hydrogens (primary N) is 1. The quantitative estimate of drug-likeness (QED) is 0.266. The van der Waals surface area contributed by atoms with E-state index in [-0.39, 0.29) is 0 Å². The summed E-state index contributed by atoms with van der Waals surface area (Å²) in [5.41, 5.74) is 3.71. The molecule has 1 atom stereocenters. The molecule has 0 spiro atoms. The van der Waals surface area contributed by atoms with Crippen molar-refractivity contribution in [3.63, 3.8) is 0 Å². The van der Waals surface area contributed by atoms with Crippen molar-refractivity contribution in [1.29, 1.82) is 0 Å². The van der Waals surface area contributed by atoms with Crippen molar-refractivity contribution in [1.82, 2.24) is 5.32 Å². The summed E-state index contributed by atoms with van der Waals surface area (Å²) in [6, 6.07) is -1.38. The molecule has 0 amide bonds. The van der Waals surface area contributed by atoms with E-state index in [4.69, 9.17) is 26.2 Å². The maximum Gasteiger partial charge on any atom is 0.317 e. The predicted octanol–water partition coefficient (Wildman–Crippen LogP) is -1.85. The monoisotopic (exact) mass is 292 g/mol. The molecular weight excluding hydrogens is 276 g/mol. The van der Waals surface area contributed by atoms with Gasteiger partial charge in [0.1, 0.15) is 0 Å². The number of carbonyl (C=O) groups is 4. The molecule has 7 N–H and O–H groups in total. The van der Waals surface area contributed by atoms with E-state index >= 15 is 0 Å². The molecule has 0 aromatic carbocycles. The fraction of sp³-hybridized carbons (Fsp3) is 0.600. The van der Waals surface area contributed by atoms with Crippen LogP contribution >= 0.6 is 0 Å². The largest absolute Gasteiger partial charge is 0.481 e. The van der Waals surface area contributed by atoms with Gasteiger partial charge in [-0.2, -0.15) is 0 Å². The zero-order valence-electron chi connectivity index (χ0n) is 10.4. The Morgan fingerprint density at radius 1 is 0.900 bits per heavy atom. The van der Waals surface area contributed by atoms with Crippen LogP contribution in [0, 0.1) is 0 Å². The third-order valence-electron chi connectivity index (χ3n) is 2.63. The molecule has 20 heavy (non-hydrogen) atoms. The third-order valence-corrected chi connectivity index (χ3v) is 2.63. The van der Waals surface area contributed by atoms with E-state index in [2.05, 4.69) is 5.32 Å². The maximum absolute atomic E-state index is 10.8. The molecule has 114 valence electrons. The van der Waals surface area contributed by atoms with Gasteiger partial charge in [-0.1, -0.05) is 0 Å². The lowest BCUT2D eigenvalue weighted by Gasteiger charge is -2.36. The number of carboxylic acid groups (broad SMARTS) is 4. The molecule has 0 aromatic heterocycles. The number of carboxylic acids is 4. The van der Waals surface area contributed by atoms with Crippen molar-refractivity contribution in [2.24, 2.45) is 5.73 Å². The van der Waals surface area contributed by atoms with Crippen molar-refractivity contribution in [2.45, 2.75) is 30.8 Å². The van der Waals surface area contributed by atoms with Gasteiger partial charge in [0, 0.05) is 6.04 Å². The number of rotatable bonds is 10. The Labute approximate surface area is 113 Å². The van der Waals surface area contributed by atoms with Crippen molar-refractivity contribution in [3.8, 4) is 0 Å². The fourth-order valence-electron chi connectivity index (χ4n) is 1.76. The Morgan fingerprint density at radius 3 is 1.65 bits per heavy atom. The second kappa shape index (κ2) is 7.40. The summed E-state index contributed by atoms with van der Waals surface area (Å²) in [5, 5.41) is 37.2. The normalized spacial score (nSPS) is 12.7. The lowest BCUT2D eigenvalue weighted by molar-refractivity contribution is -0.146. The van der Waals surface area contributed by atoms with Gasteiger partial charge in [0.15, 0.2) is 0 Å². The molecule has 10 nitrogen and oxygen atoms in total. The molecule has 0 aromatic rings. The minimum atomic E-state index is -1.87. The first-order valence-electron chi connectivity index (χ1n) is 5.47. The predicted molar refractivity (Wildman–Crippen MR) is 63.1 cm³/mol. The summed E-state index contributed by atoms with van der Waals surface area (Å²) >= 11 is 0. The second-order valence-electron chi connectivity index (χ2n) is 4.25. The molecule has 0 heterocycles. The van der Waals surface area contributed by atoms with Crippen LogP contribution in [0.25, 0.3) is 0 Å². The minimum absolute atomic E-state index is 0.701. The summed E-state index contributed by atoms with van der Waals surface area (Å²) in [6.45, 7) is -0.742. The van der Waals surface area contributed by atoms with Gasteiger partial charge in [-0.15, -0.1) is 0 Å². The van der Waals surface area contributed by atoms with Gasteiger partial charge in [0.2, 0.25) is 0 Å². The van der Waals surface area contributed by atoms with Crippen molar-refractivity contribution >= 4 is 23.9 Å². The smallest absolute Gasteiger partial charge is 0.317 e. The average molecular weight is 292 g/mol. The van der Waals surface area contributed by atoms with Gasteiger partial charge in [-0.25, -0.2) is 0 Å². The van der Waals surface area contributed by atoms with Crippen LogP contribution in [0.5, 0.6) is 0 Å². The van der Waals surface area contributed by atoms with Crippen molar-refractivity contribution < 1.29 is 39.6 Å². The van der Waals surface area contributed by atoms with Gasteiger partial charge < -0.3 is 26.2 Å². The molecule has 0 radical (unpaired) electrons. The zero-order valence-corrected chi connectivity index (χ0v) is 10.4. The lowest BCUT2D eigenvalue weighted by Crippen LogP contribution is -2.61. The first-order chi connectivity index (χ1) is 9.09. The maximum atomic E-state index is 10.8. The van der Waals surface area contributed by atoms with E-state index < -0.39 is 61.3 Å². The third kappa shape index (κ3) is 6.11. The van der Waals surface area contributed by atoms with E-state index in [1.54, 1.807) is 0 Å². The van der Waals surface area contributed by atoms with Crippen LogP contribution in [0.15, 0.2) is 0 Å². The Bertz CT molecular complexity index is 392. The SMILES string of the molecule is NC(CC(=O)O)C(CC(=O)O)(CC(=O)O)NCC(=O)O. The molecule has 0 rings (SSSR count). The summed E-state index contributed by atoms with van der Waals surface area (Å²) in [4.78, 5) is 42.9. The van der Waals surface area contributed by atoms with E-state index in [1.165, 1.54) is 0 Å². The van der Waals surface area contributed by atoms with E-state index in [9.17, 15) is 19.2 Å². The van der Waals surface area contributed by atoms with E-state index in [1.807, 2.05) is 0 Å². The molecule has 0 bridgehead atoms. The molecule has 10 heteroatoms. The molecule has 0 aliphatic rings. The molecule has 0 saturated heterocycles. The Morgan fingerprint density at radius 2 is 1.35 bits per heavy atom. The summed E-state index contributed by atoms with van der Waals surface area (Å²) in [6.07, 6.45) is -2.34. The summed E-state index contributed by atoms with van der Waals surface area (Å²) in [7, 11) is 0. The van der Waals surface area contributed by atoms with Gasteiger partial charge in [-0.3, -0.25) is 24.5 Å². The van der Waals surface area contributed by atoms with Gasteiger partial charge >= 0.3 is 23.9 Å². The number of aliphatic carboxylic acids is 4. The number of nitrogens with one attached hydrogen (secondary N) is 1. The highest BCUT2D eigenvalue weighted by molar-refractivity contribution is 5.75. The Balaban J connectivity index is 5.37. The van der Waals surface area contributed by atoms with Gasteiger partial charge in [0.25, 0.3) is 0 Å². The molecule has 0 fully saturated rings. The van der Waals surface area contributed by atoms with Crippen LogP contribution in [0.3, 0.4) is 0 Å².